The topological polar surface area (TPSA) is 95.2 Å². The third kappa shape index (κ3) is 3.51. The van der Waals surface area contributed by atoms with Crippen molar-refractivity contribution >= 4 is 34.1 Å². The summed E-state index contributed by atoms with van der Waals surface area (Å²) in [6.45, 7) is 0.536. The quantitative estimate of drug-likeness (QED) is 0.431. The monoisotopic (exact) mass is 446 g/mol. The largest absolute Gasteiger partial charge is 0.492 e. The maximum absolute atomic E-state index is 14.4. The molecule has 4 aromatic rings. The van der Waals surface area contributed by atoms with Gasteiger partial charge < -0.3 is 25.3 Å². The first-order valence-corrected chi connectivity index (χ1v) is 10.5. The number of halogens is 1. The summed E-state index contributed by atoms with van der Waals surface area (Å²) < 4.78 is 19.6. The van der Waals surface area contributed by atoms with E-state index in [1.807, 2.05) is 37.2 Å². The van der Waals surface area contributed by atoms with Gasteiger partial charge in [0.15, 0.2) is 11.6 Å². The van der Waals surface area contributed by atoms with Crippen molar-refractivity contribution in [3.8, 4) is 17.0 Å². The van der Waals surface area contributed by atoms with Crippen molar-refractivity contribution in [2.45, 2.75) is 6.42 Å². The fourth-order valence-electron chi connectivity index (χ4n) is 4.12. The first-order valence-electron chi connectivity index (χ1n) is 10.5. The van der Waals surface area contributed by atoms with Gasteiger partial charge in [0.2, 0.25) is 0 Å². The molecule has 33 heavy (non-hydrogen) atoms. The standard InChI is InChI=1S/C24H23FN6O2/c1-31(2)18-8-7-16-20(30-18)13(9-11-26-16)21-22(19-15(28-21)10-12-27-24(19)32)29-17-6-4-5-14(25)23(17)33-3/h4-9,11,28-29H,10,12H2,1-3H3,(H,27,32). The molecule has 0 bridgehead atoms. The number of ether oxygens (including phenoxy) is 1. The molecule has 0 saturated carbocycles. The molecule has 0 fully saturated rings. The summed E-state index contributed by atoms with van der Waals surface area (Å²) in [5.41, 5.74) is 5.14. The summed E-state index contributed by atoms with van der Waals surface area (Å²) in [5, 5.41) is 6.15. The molecular weight excluding hydrogens is 423 g/mol. The maximum Gasteiger partial charge on any atom is 0.255 e. The van der Waals surface area contributed by atoms with Crippen LogP contribution in [-0.2, 0) is 6.42 Å². The van der Waals surface area contributed by atoms with Crippen molar-refractivity contribution in [2.24, 2.45) is 0 Å². The zero-order valence-electron chi connectivity index (χ0n) is 18.5. The summed E-state index contributed by atoms with van der Waals surface area (Å²) in [6.07, 6.45) is 2.36. The third-order valence-corrected chi connectivity index (χ3v) is 5.69. The normalized spacial score (nSPS) is 12.9. The second-order valence-corrected chi connectivity index (χ2v) is 7.97. The van der Waals surface area contributed by atoms with Crippen molar-refractivity contribution in [3.05, 3.63) is 59.7 Å². The Hall–Kier alpha value is -4.14. The van der Waals surface area contributed by atoms with Gasteiger partial charge in [0.1, 0.15) is 11.3 Å². The van der Waals surface area contributed by atoms with Gasteiger partial charge in [-0.05, 0) is 30.3 Å². The van der Waals surface area contributed by atoms with Gasteiger partial charge in [-0.1, -0.05) is 6.07 Å². The van der Waals surface area contributed by atoms with Crippen LogP contribution in [0.15, 0.2) is 42.6 Å². The molecule has 0 radical (unpaired) electrons. The Balaban J connectivity index is 1.75. The number of aromatic nitrogens is 3. The van der Waals surface area contributed by atoms with Gasteiger partial charge in [0, 0.05) is 44.5 Å². The molecule has 0 aliphatic carbocycles. The smallest absolute Gasteiger partial charge is 0.255 e. The average molecular weight is 446 g/mol. The number of pyridine rings is 2. The molecule has 0 unspecified atom stereocenters. The van der Waals surface area contributed by atoms with E-state index in [1.165, 1.54) is 13.2 Å². The Morgan fingerprint density at radius 1 is 1.18 bits per heavy atom. The van der Waals surface area contributed by atoms with Crippen molar-refractivity contribution in [2.75, 3.05) is 38.0 Å². The summed E-state index contributed by atoms with van der Waals surface area (Å²) in [5.74, 6) is 0.163. The number of rotatable bonds is 5. The molecule has 168 valence electrons. The lowest BCUT2D eigenvalue weighted by Gasteiger charge is -2.17. The minimum atomic E-state index is -0.496. The Bertz CT molecular complexity index is 1380. The number of methoxy groups -OCH3 is 1. The maximum atomic E-state index is 14.4. The van der Waals surface area contributed by atoms with E-state index in [4.69, 9.17) is 9.72 Å². The molecule has 1 aliphatic rings. The fraction of sp³-hybridized carbons (Fsp3) is 0.208. The molecular formula is C24H23FN6O2. The molecule has 0 saturated heterocycles. The second-order valence-electron chi connectivity index (χ2n) is 7.97. The van der Waals surface area contributed by atoms with E-state index in [0.29, 0.717) is 41.1 Å². The van der Waals surface area contributed by atoms with Gasteiger partial charge in [-0.25, -0.2) is 9.37 Å². The van der Waals surface area contributed by atoms with Gasteiger partial charge in [-0.3, -0.25) is 9.78 Å². The highest BCUT2D eigenvalue weighted by Crippen LogP contribution is 2.41. The Kier molecular flexibility index (Phi) is 5.08. The van der Waals surface area contributed by atoms with Crippen molar-refractivity contribution in [1.29, 1.82) is 0 Å². The molecule has 4 heterocycles. The number of nitrogens with zero attached hydrogens (tertiary/aromatic N) is 3. The average Bonchev–Trinajstić information content (AvgIpc) is 3.17. The van der Waals surface area contributed by atoms with Crippen LogP contribution >= 0.6 is 0 Å². The van der Waals surface area contributed by atoms with Crippen LogP contribution in [0.2, 0.25) is 0 Å². The summed E-state index contributed by atoms with van der Waals surface area (Å²) in [6, 6.07) is 10.3. The molecule has 3 aromatic heterocycles. The number of benzene rings is 1. The number of aromatic amines is 1. The highest BCUT2D eigenvalue weighted by Gasteiger charge is 2.28. The Morgan fingerprint density at radius 3 is 2.82 bits per heavy atom. The lowest BCUT2D eigenvalue weighted by atomic mass is 10.0. The van der Waals surface area contributed by atoms with E-state index < -0.39 is 5.82 Å². The molecule has 1 aromatic carbocycles. The van der Waals surface area contributed by atoms with E-state index in [1.54, 1.807) is 18.3 Å². The Labute approximate surface area is 189 Å². The van der Waals surface area contributed by atoms with Crippen molar-refractivity contribution in [3.63, 3.8) is 0 Å². The van der Waals surface area contributed by atoms with E-state index in [2.05, 4.69) is 20.6 Å². The van der Waals surface area contributed by atoms with Crippen LogP contribution in [0.3, 0.4) is 0 Å². The van der Waals surface area contributed by atoms with Crippen molar-refractivity contribution in [1.82, 2.24) is 20.3 Å². The van der Waals surface area contributed by atoms with Crippen LogP contribution in [0.5, 0.6) is 5.75 Å². The fourth-order valence-corrected chi connectivity index (χ4v) is 4.12. The summed E-state index contributed by atoms with van der Waals surface area (Å²) in [7, 11) is 5.25. The molecule has 3 N–H and O–H groups in total. The number of hydrogen-bond acceptors (Lipinski definition) is 6. The summed E-state index contributed by atoms with van der Waals surface area (Å²) in [4.78, 5) is 27.5. The minimum Gasteiger partial charge on any atom is -0.492 e. The number of carbonyl (C=O) groups is 1. The number of hydrogen-bond donors (Lipinski definition) is 3. The van der Waals surface area contributed by atoms with Crippen LogP contribution in [-0.4, -0.2) is 48.6 Å². The number of H-pyrrole nitrogens is 1. The number of amides is 1. The lowest BCUT2D eigenvalue weighted by molar-refractivity contribution is 0.0947. The van der Waals surface area contributed by atoms with Gasteiger partial charge in [0.25, 0.3) is 5.91 Å². The van der Waals surface area contributed by atoms with Crippen LogP contribution in [0.25, 0.3) is 22.3 Å². The number of carbonyl (C=O) groups excluding carboxylic acids is 1. The van der Waals surface area contributed by atoms with Gasteiger partial charge in [-0.2, -0.15) is 0 Å². The van der Waals surface area contributed by atoms with Gasteiger partial charge in [0.05, 0.1) is 35.3 Å². The molecule has 9 heteroatoms. The molecule has 1 amide bonds. The zero-order valence-corrected chi connectivity index (χ0v) is 18.5. The van der Waals surface area contributed by atoms with Gasteiger partial charge >= 0.3 is 0 Å². The van der Waals surface area contributed by atoms with E-state index in [9.17, 15) is 9.18 Å². The predicted molar refractivity (Wildman–Crippen MR) is 126 cm³/mol. The summed E-state index contributed by atoms with van der Waals surface area (Å²) >= 11 is 0. The van der Waals surface area contributed by atoms with Crippen LogP contribution < -0.4 is 20.3 Å². The number of para-hydroxylation sites is 1. The van der Waals surface area contributed by atoms with E-state index >= 15 is 0 Å². The van der Waals surface area contributed by atoms with Crippen LogP contribution in [0.4, 0.5) is 21.6 Å². The molecule has 5 rings (SSSR count). The minimum absolute atomic E-state index is 0.0715. The van der Waals surface area contributed by atoms with E-state index in [0.717, 1.165) is 22.6 Å². The molecule has 0 spiro atoms. The lowest BCUT2D eigenvalue weighted by Crippen LogP contribution is -2.31. The first kappa shape index (κ1) is 20.7. The molecule has 1 aliphatic heterocycles. The van der Waals surface area contributed by atoms with Gasteiger partial charge in [-0.15, -0.1) is 0 Å². The Morgan fingerprint density at radius 2 is 2.03 bits per heavy atom. The SMILES string of the molecule is COc1c(F)cccc1Nc1c(-c2ccnc3ccc(N(C)C)nc23)[nH]c2c1C(=O)NCC2. The first-order chi connectivity index (χ1) is 16.0. The third-order valence-electron chi connectivity index (χ3n) is 5.69. The second kappa shape index (κ2) is 8.09. The van der Waals surface area contributed by atoms with Crippen LogP contribution in [0.1, 0.15) is 16.1 Å². The van der Waals surface area contributed by atoms with Crippen molar-refractivity contribution < 1.29 is 13.9 Å². The van der Waals surface area contributed by atoms with E-state index in [-0.39, 0.29) is 11.7 Å². The molecule has 0 atom stereocenters. The van der Waals surface area contributed by atoms with Crippen LogP contribution in [0, 0.1) is 5.82 Å². The predicted octanol–water partition coefficient (Wildman–Crippen LogP) is 3.87. The molecule has 8 nitrogen and oxygen atoms in total. The highest BCUT2D eigenvalue weighted by molar-refractivity contribution is 6.08. The number of anilines is 3. The number of nitrogens with one attached hydrogen (secondary N) is 3. The number of fused-ring (bicyclic) bond motifs is 2. The highest BCUT2D eigenvalue weighted by atomic mass is 19.1. The zero-order chi connectivity index (χ0) is 23.1.